The van der Waals surface area contributed by atoms with Gasteiger partial charge in [0.25, 0.3) is 0 Å². The van der Waals surface area contributed by atoms with Gasteiger partial charge >= 0.3 is 0 Å². The summed E-state index contributed by atoms with van der Waals surface area (Å²) in [5.74, 6) is 0. The minimum absolute atomic E-state index is 0.447. The van der Waals surface area contributed by atoms with E-state index in [-0.39, 0.29) is 0 Å². The van der Waals surface area contributed by atoms with Crippen LogP contribution >= 0.6 is 0 Å². The summed E-state index contributed by atoms with van der Waals surface area (Å²) in [5.41, 5.74) is 0. The largest absolute Gasteiger partial charge is 0.383 e. The molecule has 17 heavy (non-hydrogen) atoms. The van der Waals surface area contributed by atoms with Crippen molar-refractivity contribution in [1.82, 2.24) is 15.1 Å². The van der Waals surface area contributed by atoms with E-state index in [0.29, 0.717) is 6.04 Å². The van der Waals surface area contributed by atoms with E-state index in [1.54, 1.807) is 7.11 Å². The molecule has 0 aromatic rings. The molecule has 0 spiro atoms. The number of likely N-dealkylation sites (N-methyl/N-ethyl adjacent to an activating group) is 2. The SMILES string of the molecule is COCC(C)NCCN(C)CC1CCCN1C. The number of likely N-dealkylation sites (tertiary alicyclic amines) is 1. The Morgan fingerprint density at radius 1 is 1.53 bits per heavy atom. The van der Waals surface area contributed by atoms with Gasteiger partial charge in [-0.15, -0.1) is 0 Å². The van der Waals surface area contributed by atoms with Crippen molar-refractivity contribution in [2.75, 3.05) is 54.0 Å². The van der Waals surface area contributed by atoms with E-state index in [1.165, 1.54) is 25.9 Å². The Bertz CT molecular complexity index is 201. The fourth-order valence-electron chi connectivity index (χ4n) is 2.47. The molecule has 0 bridgehead atoms. The lowest BCUT2D eigenvalue weighted by molar-refractivity contribution is 0.168. The molecular weight excluding hydrogens is 214 g/mol. The van der Waals surface area contributed by atoms with Crippen molar-refractivity contribution in [2.24, 2.45) is 0 Å². The number of ether oxygens (including phenoxy) is 1. The zero-order chi connectivity index (χ0) is 12.7. The lowest BCUT2D eigenvalue weighted by atomic mass is 10.2. The van der Waals surface area contributed by atoms with Crippen LogP contribution in [-0.4, -0.2) is 75.9 Å². The van der Waals surface area contributed by atoms with E-state index in [9.17, 15) is 0 Å². The van der Waals surface area contributed by atoms with Gasteiger partial charge in [-0.3, -0.25) is 0 Å². The van der Waals surface area contributed by atoms with Crippen LogP contribution in [0.15, 0.2) is 0 Å². The van der Waals surface area contributed by atoms with Gasteiger partial charge in [0.2, 0.25) is 0 Å². The Morgan fingerprint density at radius 2 is 2.29 bits per heavy atom. The smallest absolute Gasteiger partial charge is 0.0613 e. The molecule has 0 aromatic heterocycles. The van der Waals surface area contributed by atoms with Crippen LogP contribution in [0.25, 0.3) is 0 Å². The van der Waals surface area contributed by atoms with E-state index < -0.39 is 0 Å². The molecule has 102 valence electrons. The molecule has 2 atom stereocenters. The quantitative estimate of drug-likeness (QED) is 0.677. The van der Waals surface area contributed by atoms with Crippen LogP contribution < -0.4 is 5.32 Å². The lowest BCUT2D eigenvalue weighted by Crippen LogP contribution is -2.41. The Morgan fingerprint density at radius 3 is 2.88 bits per heavy atom. The van der Waals surface area contributed by atoms with Crippen LogP contribution in [0.5, 0.6) is 0 Å². The summed E-state index contributed by atoms with van der Waals surface area (Å²) in [7, 11) is 6.21. The number of rotatable bonds is 8. The maximum atomic E-state index is 5.10. The highest BCUT2D eigenvalue weighted by Crippen LogP contribution is 2.14. The van der Waals surface area contributed by atoms with Gasteiger partial charge in [0.05, 0.1) is 6.61 Å². The van der Waals surface area contributed by atoms with Gasteiger partial charge in [-0.2, -0.15) is 0 Å². The van der Waals surface area contributed by atoms with Crippen LogP contribution in [0.1, 0.15) is 19.8 Å². The van der Waals surface area contributed by atoms with Gasteiger partial charge in [0.15, 0.2) is 0 Å². The first kappa shape index (κ1) is 14.9. The van der Waals surface area contributed by atoms with E-state index in [4.69, 9.17) is 4.74 Å². The maximum absolute atomic E-state index is 5.10. The molecule has 2 unspecified atom stereocenters. The third-order valence-electron chi connectivity index (χ3n) is 3.60. The fraction of sp³-hybridized carbons (Fsp3) is 1.00. The summed E-state index contributed by atoms with van der Waals surface area (Å²) in [5, 5.41) is 3.47. The second kappa shape index (κ2) is 8.03. The topological polar surface area (TPSA) is 27.7 Å². The number of nitrogens with one attached hydrogen (secondary N) is 1. The van der Waals surface area contributed by atoms with E-state index in [2.05, 4.69) is 36.1 Å². The summed E-state index contributed by atoms with van der Waals surface area (Å²) in [6.07, 6.45) is 2.71. The number of nitrogens with zero attached hydrogens (tertiary/aromatic N) is 2. The lowest BCUT2D eigenvalue weighted by Gasteiger charge is -2.26. The normalized spacial score (nSPS) is 23.5. The van der Waals surface area contributed by atoms with Gasteiger partial charge < -0.3 is 19.9 Å². The molecule has 1 N–H and O–H groups in total. The van der Waals surface area contributed by atoms with Gasteiger partial charge in [0, 0.05) is 38.8 Å². The first-order chi connectivity index (χ1) is 8.13. The fourth-order valence-corrected chi connectivity index (χ4v) is 2.47. The molecule has 0 saturated carbocycles. The highest BCUT2D eigenvalue weighted by atomic mass is 16.5. The van der Waals surface area contributed by atoms with Crippen molar-refractivity contribution in [3.63, 3.8) is 0 Å². The molecule has 0 amide bonds. The van der Waals surface area contributed by atoms with Gasteiger partial charge in [-0.05, 0) is 40.4 Å². The molecule has 1 aliphatic rings. The molecule has 1 fully saturated rings. The molecule has 0 radical (unpaired) electrons. The average Bonchev–Trinajstić information content (AvgIpc) is 2.65. The third-order valence-corrected chi connectivity index (χ3v) is 3.60. The Labute approximate surface area is 106 Å². The van der Waals surface area contributed by atoms with Crippen molar-refractivity contribution in [3.05, 3.63) is 0 Å². The van der Waals surface area contributed by atoms with Crippen LogP contribution in [0.3, 0.4) is 0 Å². The average molecular weight is 243 g/mol. The zero-order valence-corrected chi connectivity index (χ0v) is 11.9. The molecule has 0 aromatic carbocycles. The van der Waals surface area contributed by atoms with Crippen molar-refractivity contribution >= 4 is 0 Å². The molecule has 1 saturated heterocycles. The van der Waals surface area contributed by atoms with Gasteiger partial charge in [-0.1, -0.05) is 0 Å². The monoisotopic (exact) mass is 243 g/mol. The number of hydrogen-bond acceptors (Lipinski definition) is 4. The molecular formula is C13H29N3O. The molecule has 1 heterocycles. The summed E-state index contributed by atoms with van der Waals surface area (Å²) in [6, 6.07) is 1.21. The Balaban J connectivity index is 2.06. The van der Waals surface area contributed by atoms with Crippen LogP contribution in [0, 0.1) is 0 Å². The van der Waals surface area contributed by atoms with Gasteiger partial charge in [-0.25, -0.2) is 0 Å². The van der Waals surface area contributed by atoms with Crippen LogP contribution in [0.2, 0.25) is 0 Å². The second-order valence-electron chi connectivity index (χ2n) is 5.35. The molecule has 4 nitrogen and oxygen atoms in total. The number of hydrogen-bond donors (Lipinski definition) is 1. The van der Waals surface area contributed by atoms with Gasteiger partial charge in [0.1, 0.15) is 0 Å². The number of methoxy groups -OCH3 is 1. The van der Waals surface area contributed by atoms with Crippen molar-refractivity contribution in [1.29, 1.82) is 0 Å². The Hall–Kier alpha value is -0.160. The summed E-state index contributed by atoms with van der Waals surface area (Å²) >= 11 is 0. The van der Waals surface area contributed by atoms with Crippen molar-refractivity contribution in [3.8, 4) is 0 Å². The summed E-state index contributed by atoms with van der Waals surface area (Å²) in [4.78, 5) is 4.91. The zero-order valence-electron chi connectivity index (χ0n) is 11.9. The first-order valence-corrected chi connectivity index (χ1v) is 6.74. The molecule has 1 rings (SSSR count). The molecule has 1 aliphatic heterocycles. The first-order valence-electron chi connectivity index (χ1n) is 6.74. The van der Waals surface area contributed by atoms with E-state index >= 15 is 0 Å². The minimum atomic E-state index is 0.447. The predicted molar refractivity (Wildman–Crippen MR) is 72.5 cm³/mol. The third kappa shape index (κ3) is 5.82. The molecule has 0 aliphatic carbocycles. The Kier molecular flexibility index (Phi) is 7.04. The maximum Gasteiger partial charge on any atom is 0.0613 e. The van der Waals surface area contributed by atoms with Crippen molar-refractivity contribution in [2.45, 2.75) is 31.8 Å². The molecule has 4 heteroatoms. The predicted octanol–water partition coefficient (Wildman–Crippen LogP) is 0.637. The van der Waals surface area contributed by atoms with Crippen LogP contribution in [0.4, 0.5) is 0 Å². The summed E-state index contributed by atoms with van der Waals surface area (Å²) in [6.45, 7) is 7.55. The minimum Gasteiger partial charge on any atom is -0.383 e. The highest BCUT2D eigenvalue weighted by Gasteiger charge is 2.21. The van der Waals surface area contributed by atoms with E-state index in [0.717, 1.165) is 25.7 Å². The standard InChI is InChI=1S/C13H29N3O/c1-12(11-17-4)14-7-9-15(2)10-13-6-5-8-16(13)3/h12-14H,5-11H2,1-4H3. The summed E-state index contributed by atoms with van der Waals surface area (Å²) < 4.78 is 5.10. The second-order valence-corrected chi connectivity index (χ2v) is 5.35. The van der Waals surface area contributed by atoms with Crippen LogP contribution in [-0.2, 0) is 4.74 Å². The van der Waals surface area contributed by atoms with Crippen molar-refractivity contribution < 1.29 is 4.74 Å². The van der Waals surface area contributed by atoms with E-state index in [1.807, 2.05) is 0 Å². The highest BCUT2D eigenvalue weighted by molar-refractivity contribution is 4.78.